The van der Waals surface area contributed by atoms with Crippen LogP contribution in [0.5, 0.6) is 0 Å². The molecule has 2 N–H and O–H groups in total. The highest BCUT2D eigenvalue weighted by molar-refractivity contribution is 6.49. The maximum Gasteiger partial charge on any atom is 0.0809 e. The summed E-state index contributed by atoms with van der Waals surface area (Å²) in [5.41, 5.74) is 1.36. The SMILES string of the molecule is N=C1C=CC(N(CCCl)CCCl)=CC1=N. The average Bonchev–Trinajstić information content (AvgIpc) is 2.22. The van der Waals surface area contributed by atoms with Crippen molar-refractivity contribution in [1.82, 2.24) is 4.90 Å². The third kappa shape index (κ3) is 3.36. The Kier molecular flexibility index (Phi) is 4.85. The molecule has 0 aromatic carbocycles. The molecule has 0 amide bonds. The van der Waals surface area contributed by atoms with Crippen LogP contribution in [-0.2, 0) is 0 Å². The van der Waals surface area contributed by atoms with Crippen LogP contribution >= 0.6 is 23.2 Å². The van der Waals surface area contributed by atoms with Gasteiger partial charge in [-0.25, -0.2) is 0 Å². The summed E-state index contributed by atoms with van der Waals surface area (Å²) in [7, 11) is 0. The van der Waals surface area contributed by atoms with Crippen LogP contribution in [0.2, 0.25) is 0 Å². The number of halogens is 2. The number of alkyl halides is 2. The van der Waals surface area contributed by atoms with Gasteiger partial charge in [-0.3, -0.25) is 10.8 Å². The van der Waals surface area contributed by atoms with Crippen LogP contribution in [0.3, 0.4) is 0 Å². The summed E-state index contributed by atoms with van der Waals surface area (Å²) in [6, 6.07) is 0. The normalized spacial score (nSPS) is 15.5. The smallest absolute Gasteiger partial charge is 0.0809 e. The molecule has 15 heavy (non-hydrogen) atoms. The van der Waals surface area contributed by atoms with Crippen molar-refractivity contribution in [3.8, 4) is 0 Å². The van der Waals surface area contributed by atoms with Crippen molar-refractivity contribution in [2.45, 2.75) is 0 Å². The Labute approximate surface area is 99.4 Å². The summed E-state index contributed by atoms with van der Waals surface area (Å²) in [5.74, 6) is 1.04. The van der Waals surface area contributed by atoms with Crippen LogP contribution in [0.1, 0.15) is 0 Å². The zero-order chi connectivity index (χ0) is 11.3. The number of hydrogen-bond acceptors (Lipinski definition) is 3. The van der Waals surface area contributed by atoms with Crippen molar-refractivity contribution in [3.05, 3.63) is 23.9 Å². The lowest BCUT2D eigenvalue weighted by Gasteiger charge is -2.25. The molecule has 1 rings (SSSR count). The summed E-state index contributed by atoms with van der Waals surface area (Å²) >= 11 is 11.4. The van der Waals surface area contributed by atoms with E-state index in [9.17, 15) is 0 Å². The van der Waals surface area contributed by atoms with Gasteiger partial charge in [-0.2, -0.15) is 0 Å². The van der Waals surface area contributed by atoms with Gasteiger partial charge in [0.1, 0.15) is 0 Å². The quantitative estimate of drug-likeness (QED) is 0.567. The molecule has 1 aliphatic rings. The minimum Gasteiger partial charge on any atom is -0.369 e. The first-order chi connectivity index (χ1) is 7.19. The molecule has 3 nitrogen and oxygen atoms in total. The number of rotatable bonds is 5. The molecular formula is C10H13Cl2N3. The second-order valence-electron chi connectivity index (χ2n) is 3.09. The lowest BCUT2D eigenvalue weighted by atomic mass is 10.1. The molecule has 0 saturated heterocycles. The second kappa shape index (κ2) is 5.93. The molecule has 0 aliphatic heterocycles. The van der Waals surface area contributed by atoms with Gasteiger partial charge in [-0.05, 0) is 18.2 Å². The van der Waals surface area contributed by atoms with Gasteiger partial charge in [-0.15, -0.1) is 23.2 Å². The van der Waals surface area contributed by atoms with Crippen molar-refractivity contribution in [3.63, 3.8) is 0 Å². The Morgan fingerprint density at radius 2 is 1.60 bits per heavy atom. The summed E-state index contributed by atoms with van der Waals surface area (Å²) in [6.07, 6.45) is 5.11. The Bertz CT molecular complexity index is 315. The first kappa shape index (κ1) is 12.3. The molecule has 82 valence electrons. The van der Waals surface area contributed by atoms with Crippen molar-refractivity contribution < 1.29 is 0 Å². The molecule has 0 spiro atoms. The fraction of sp³-hybridized carbons (Fsp3) is 0.400. The van der Waals surface area contributed by atoms with Gasteiger partial charge in [0.05, 0.1) is 11.4 Å². The van der Waals surface area contributed by atoms with E-state index in [-0.39, 0.29) is 11.4 Å². The monoisotopic (exact) mass is 245 g/mol. The van der Waals surface area contributed by atoms with E-state index in [0.29, 0.717) is 24.8 Å². The van der Waals surface area contributed by atoms with Crippen LogP contribution in [-0.4, -0.2) is 41.2 Å². The van der Waals surface area contributed by atoms with E-state index in [1.807, 2.05) is 11.0 Å². The zero-order valence-corrected chi connectivity index (χ0v) is 9.78. The largest absolute Gasteiger partial charge is 0.369 e. The third-order valence-electron chi connectivity index (χ3n) is 2.08. The third-order valence-corrected chi connectivity index (χ3v) is 2.42. The number of nitrogens with one attached hydrogen (secondary N) is 2. The van der Waals surface area contributed by atoms with Crippen LogP contribution < -0.4 is 0 Å². The van der Waals surface area contributed by atoms with E-state index in [1.165, 1.54) is 0 Å². The molecule has 0 aromatic heterocycles. The van der Waals surface area contributed by atoms with Crippen molar-refractivity contribution >= 4 is 34.6 Å². The molecule has 0 bridgehead atoms. The Morgan fingerprint density at radius 1 is 1.00 bits per heavy atom. The Balaban J connectivity index is 2.76. The Hall–Kier alpha value is -0.800. The lowest BCUT2D eigenvalue weighted by Crippen LogP contribution is -2.29. The van der Waals surface area contributed by atoms with E-state index in [2.05, 4.69) is 0 Å². The molecule has 0 atom stereocenters. The van der Waals surface area contributed by atoms with Gasteiger partial charge in [0.2, 0.25) is 0 Å². The molecule has 1 aliphatic carbocycles. The maximum absolute atomic E-state index is 7.54. The predicted molar refractivity (Wildman–Crippen MR) is 65.7 cm³/mol. The highest BCUT2D eigenvalue weighted by atomic mass is 35.5. The van der Waals surface area contributed by atoms with E-state index in [4.69, 9.17) is 34.0 Å². The van der Waals surface area contributed by atoms with Crippen LogP contribution in [0.25, 0.3) is 0 Å². The average molecular weight is 246 g/mol. The first-order valence-electron chi connectivity index (χ1n) is 4.63. The van der Waals surface area contributed by atoms with Crippen molar-refractivity contribution in [1.29, 1.82) is 10.8 Å². The topological polar surface area (TPSA) is 50.9 Å². The standard InChI is InChI=1S/C10H13Cl2N3/c11-3-5-15(6-4-12)8-1-2-9(13)10(14)7-8/h1-2,7,13-14H,3-6H2. The predicted octanol–water partition coefficient (Wildman–Crippen LogP) is 2.26. The van der Waals surface area contributed by atoms with E-state index < -0.39 is 0 Å². The van der Waals surface area contributed by atoms with E-state index >= 15 is 0 Å². The number of nitrogens with zero attached hydrogens (tertiary/aromatic N) is 1. The summed E-state index contributed by atoms with van der Waals surface area (Å²) in [5, 5.41) is 14.9. The van der Waals surface area contributed by atoms with Crippen molar-refractivity contribution in [2.75, 3.05) is 24.8 Å². The highest BCUT2D eigenvalue weighted by Crippen LogP contribution is 2.11. The van der Waals surface area contributed by atoms with Crippen LogP contribution in [0.15, 0.2) is 23.9 Å². The van der Waals surface area contributed by atoms with Crippen LogP contribution in [0, 0.1) is 10.8 Å². The minimum atomic E-state index is 0.224. The maximum atomic E-state index is 7.54. The van der Waals surface area contributed by atoms with E-state index in [0.717, 1.165) is 5.70 Å². The zero-order valence-electron chi connectivity index (χ0n) is 8.26. The summed E-state index contributed by atoms with van der Waals surface area (Å²) < 4.78 is 0. The fourth-order valence-corrected chi connectivity index (χ4v) is 1.71. The van der Waals surface area contributed by atoms with Gasteiger partial charge < -0.3 is 4.90 Å². The molecule has 5 heteroatoms. The van der Waals surface area contributed by atoms with Gasteiger partial charge in [0, 0.05) is 30.5 Å². The molecule has 0 aromatic rings. The minimum absolute atomic E-state index is 0.224. The van der Waals surface area contributed by atoms with E-state index in [1.54, 1.807) is 12.2 Å². The Morgan fingerprint density at radius 3 is 2.07 bits per heavy atom. The number of hydrogen-bond donors (Lipinski definition) is 2. The summed E-state index contributed by atoms with van der Waals surface area (Å²) in [6.45, 7) is 1.40. The number of allylic oxidation sites excluding steroid dienone is 3. The fourth-order valence-electron chi connectivity index (χ4n) is 1.30. The van der Waals surface area contributed by atoms with Crippen molar-refractivity contribution in [2.24, 2.45) is 0 Å². The molecular weight excluding hydrogens is 233 g/mol. The molecule has 0 heterocycles. The van der Waals surface area contributed by atoms with Gasteiger partial charge in [0.15, 0.2) is 0 Å². The van der Waals surface area contributed by atoms with Gasteiger partial charge in [-0.1, -0.05) is 0 Å². The molecule has 0 radical (unpaired) electrons. The molecule has 0 saturated carbocycles. The molecule has 0 unspecified atom stereocenters. The highest BCUT2D eigenvalue weighted by Gasteiger charge is 2.12. The van der Waals surface area contributed by atoms with Gasteiger partial charge >= 0.3 is 0 Å². The lowest BCUT2D eigenvalue weighted by molar-refractivity contribution is 0.399. The van der Waals surface area contributed by atoms with Crippen LogP contribution in [0.4, 0.5) is 0 Å². The summed E-state index contributed by atoms with van der Waals surface area (Å²) in [4.78, 5) is 2.01. The second-order valence-corrected chi connectivity index (χ2v) is 3.85. The van der Waals surface area contributed by atoms with Gasteiger partial charge in [0.25, 0.3) is 0 Å². The molecule has 0 fully saturated rings. The first-order valence-corrected chi connectivity index (χ1v) is 5.70.